The van der Waals surface area contributed by atoms with Gasteiger partial charge >= 0.3 is 0 Å². The third-order valence-corrected chi connectivity index (χ3v) is 21.1. The van der Waals surface area contributed by atoms with Gasteiger partial charge in [-0.3, -0.25) is 99.7 Å². The Hall–Kier alpha value is -17.0. The molecule has 20 heterocycles. The van der Waals surface area contributed by atoms with E-state index in [1.807, 2.05) is 401 Å². The molecule has 0 spiro atoms. The van der Waals surface area contributed by atoms with Gasteiger partial charge in [-0.1, -0.05) is 91.0 Å². The molecule has 20 nitrogen and oxygen atoms in total. The van der Waals surface area contributed by atoms with Gasteiger partial charge in [0.15, 0.2) is 0 Å². The zero-order valence-electron chi connectivity index (χ0n) is 83.6. The van der Waals surface area contributed by atoms with Gasteiger partial charge in [-0.05, 0) is 404 Å². The van der Waals surface area contributed by atoms with Gasteiger partial charge in [0.2, 0.25) is 0 Å². The maximum atomic E-state index is 4.44. The van der Waals surface area contributed by atoms with Crippen molar-refractivity contribution in [1.82, 2.24) is 99.7 Å². The molecule has 0 aromatic carbocycles. The summed E-state index contributed by atoms with van der Waals surface area (Å²) < 4.78 is 0. The van der Waals surface area contributed by atoms with E-state index in [-0.39, 0.29) is 0 Å². The van der Waals surface area contributed by atoms with E-state index in [1.165, 1.54) is 55.6 Å². The minimum Gasteiger partial charge on any atom is -0.255 e. The van der Waals surface area contributed by atoms with Gasteiger partial charge in [0.1, 0.15) is 0 Å². The lowest BCUT2D eigenvalue weighted by Gasteiger charge is -2.05. The van der Waals surface area contributed by atoms with Crippen molar-refractivity contribution in [2.45, 2.75) is 138 Å². The fraction of sp³-hybridized carbons (Fsp3) is 0.167. The summed E-state index contributed by atoms with van der Waals surface area (Å²) in [4.78, 5) is 86.9. The average Bonchev–Trinajstić information content (AvgIpc) is 0.826. The van der Waals surface area contributed by atoms with E-state index in [1.54, 1.807) is 31.0 Å². The van der Waals surface area contributed by atoms with Crippen molar-refractivity contribution in [2.75, 3.05) is 0 Å². The molecule has 20 rings (SSSR count). The predicted octanol–water partition coefficient (Wildman–Crippen LogP) is 27.6. The fourth-order valence-corrected chi connectivity index (χ4v) is 13.6. The van der Waals surface area contributed by atoms with E-state index in [4.69, 9.17) is 0 Å². The average molecular weight is 1840 g/mol. The SMILES string of the molecule is Cc1ccc(-c2cc(C)ccn2)nc1.Cc1ccc(-c2ccc(C)cn2)nc1.Cc1ccc(-c2cccc(C)n2)nc1.Cc1ccc(-c2ncccc2C)nc1.Cc1cccc(-c2cccc(C)n2)n1.Cc1cccc(-c2ncccc2C)n1.Cc1cccnc1-c1ncccc1C.Cc1ccnc(-c2cc(C)ccn2)c1.Cc1ccnc(-c2cccc(C)n2)c1.Cc1ccnc(-c2ncccc2C)c1. The molecule has 0 saturated carbocycles. The van der Waals surface area contributed by atoms with Crippen LogP contribution in [0.1, 0.15) is 112 Å². The van der Waals surface area contributed by atoms with E-state index in [0.29, 0.717) is 0 Å². The molecule has 700 valence electrons. The van der Waals surface area contributed by atoms with Crippen LogP contribution in [0.5, 0.6) is 0 Å². The van der Waals surface area contributed by atoms with Crippen LogP contribution < -0.4 is 0 Å². The highest BCUT2D eigenvalue weighted by atomic mass is 14.8. The Morgan fingerprint density at radius 1 is 0.121 bits per heavy atom. The van der Waals surface area contributed by atoms with Crippen LogP contribution >= 0.6 is 0 Å². The second-order valence-corrected chi connectivity index (χ2v) is 33.9. The first-order valence-electron chi connectivity index (χ1n) is 46.2. The van der Waals surface area contributed by atoms with Crippen LogP contribution in [0.3, 0.4) is 0 Å². The molecule has 20 aromatic rings. The molecule has 20 heteroatoms. The molecule has 0 aliphatic rings. The molecular weight excluding hydrogens is 1720 g/mol. The van der Waals surface area contributed by atoms with Gasteiger partial charge in [-0.15, -0.1) is 0 Å². The highest BCUT2D eigenvalue weighted by Crippen LogP contribution is 2.27. The third kappa shape index (κ3) is 33.5. The second kappa shape index (κ2) is 53.3. The summed E-state index contributed by atoms with van der Waals surface area (Å²) in [5, 5.41) is 0. The van der Waals surface area contributed by atoms with Crippen LogP contribution in [0, 0.1) is 138 Å². The van der Waals surface area contributed by atoms with E-state index in [0.717, 1.165) is 170 Å². The van der Waals surface area contributed by atoms with Gasteiger partial charge in [-0.2, -0.15) is 0 Å². The molecule has 140 heavy (non-hydrogen) atoms. The Balaban J connectivity index is 0.000000149. The van der Waals surface area contributed by atoms with Gasteiger partial charge in [-0.25, -0.2) is 0 Å². The van der Waals surface area contributed by atoms with Crippen molar-refractivity contribution >= 4 is 0 Å². The molecule has 0 saturated heterocycles. The maximum Gasteiger partial charge on any atom is 0.0917 e. The molecule has 0 aliphatic carbocycles. The topological polar surface area (TPSA) is 258 Å². The van der Waals surface area contributed by atoms with E-state index >= 15 is 0 Å². The summed E-state index contributed by atoms with van der Waals surface area (Å²) in [6.07, 6.45) is 27.4. The molecule has 0 unspecified atom stereocenters. The Bertz CT molecular complexity index is 6700. The minimum atomic E-state index is 0.926. The molecule has 0 aliphatic heterocycles. The van der Waals surface area contributed by atoms with Crippen LogP contribution in [0.15, 0.2) is 366 Å². The zero-order valence-corrected chi connectivity index (χ0v) is 83.6. The third-order valence-electron chi connectivity index (χ3n) is 21.1. The van der Waals surface area contributed by atoms with Crippen molar-refractivity contribution in [3.8, 4) is 114 Å². The molecule has 0 bridgehead atoms. The molecule has 0 radical (unpaired) electrons. The van der Waals surface area contributed by atoms with Crippen molar-refractivity contribution in [2.24, 2.45) is 0 Å². The van der Waals surface area contributed by atoms with Crippen LogP contribution in [-0.2, 0) is 0 Å². The first-order chi connectivity index (χ1) is 67.6. The van der Waals surface area contributed by atoms with Gasteiger partial charge in [0, 0.05) is 121 Å². The molecule has 0 fully saturated rings. The summed E-state index contributed by atoms with van der Waals surface area (Å²) in [7, 11) is 0. The summed E-state index contributed by atoms with van der Waals surface area (Å²) in [6, 6.07) is 90.2. The predicted molar refractivity (Wildman–Crippen MR) is 569 cm³/mol. The molecular formula is C120H120N20. The normalized spacial score (nSPS) is 10.1. The summed E-state index contributed by atoms with van der Waals surface area (Å²) in [5.41, 5.74) is 41.7. The van der Waals surface area contributed by atoms with Crippen molar-refractivity contribution < 1.29 is 0 Å². The zero-order chi connectivity index (χ0) is 99.7. The Kier molecular flexibility index (Phi) is 39.4. The monoisotopic (exact) mass is 1840 g/mol. The van der Waals surface area contributed by atoms with E-state index in [2.05, 4.69) is 172 Å². The number of aromatic nitrogens is 20. The smallest absolute Gasteiger partial charge is 0.0917 e. The lowest BCUT2D eigenvalue weighted by molar-refractivity contribution is 1.15. The minimum absolute atomic E-state index is 0.926. The number of hydrogen-bond acceptors (Lipinski definition) is 20. The van der Waals surface area contributed by atoms with Gasteiger partial charge in [0.25, 0.3) is 0 Å². The standard InChI is InChI=1S/10C12H12N2/c1-9-5-4-8-13-12(9)11-7-3-6-10(2)14-11;1-9-3-5-13-11(7-9)12-8-10(2)4-6-14-12;1-9-3-5-11(13-7-9)12-6-4-10(2)8-14-12;1-9-5-3-7-13-11(9)12-10(2)6-4-8-14-12;1-9-5-3-7-11(13-9)12-8-4-6-10(2)14-12;1-9-5-6-13-12(7-9)11-4-3-10(2)8-14-11;1-9-5-6-11(14-8-9)12-10(2)4-3-7-13-12;1-9-5-7-13-11(8-9)12-10(2)4-3-6-14-12;1-9-6-7-11(13-8-9)12-5-3-4-10(2)14-12;1-9-6-7-13-12(8-9)11-5-3-4-10(2)14-11/h10*3-8H,1-2H3. The molecule has 0 amide bonds. The number of pyridine rings is 20. The Labute approximate surface area is 824 Å². The number of nitrogens with zero attached hydrogens (tertiary/aromatic N) is 20. The quantitative estimate of drug-likeness (QED) is 0.123. The van der Waals surface area contributed by atoms with E-state index < -0.39 is 0 Å². The van der Waals surface area contributed by atoms with Crippen LogP contribution in [0.25, 0.3) is 114 Å². The molecule has 0 N–H and O–H groups in total. The highest BCUT2D eigenvalue weighted by Gasteiger charge is 2.12. The van der Waals surface area contributed by atoms with E-state index in [9.17, 15) is 0 Å². The summed E-state index contributed by atoms with van der Waals surface area (Å²) >= 11 is 0. The lowest BCUT2D eigenvalue weighted by Crippen LogP contribution is -1.92. The van der Waals surface area contributed by atoms with Crippen LogP contribution in [0.2, 0.25) is 0 Å². The van der Waals surface area contributed by atoms with Crippen LogP contribution in [0.4, 0.5) is 0 Å². The fourth-order valence-electron chi connectivity index (χ4n) is 13.6. The molecule has 20 aromatic heterocycles. The van der Waals surface area contributed by atoms with Crippen molar-refractivity contribution in [1.29, 1.82) is 0 Å². The Morgan fingerprint density at radius 3 is 0.586 bits per heavy atom. The summed E-state index contributed by atoms with van der Waals surface area (Å²) in [6.45, 7) is 40.6. The van der Waals surface area contributed by atoms with Crippen LogP contribution in [-0.4, -0.2) is 99.7 Å². The largest absolute Gasteiger partial charge is 0.255 e. The van der Waals surface area contributed by atoms with Gasteiger partial charge in [0.05, 0.1) is 114 Å². The summed E-state index contributed by atoms with van der Waals surface area (Å²) in [5.74, 6) is 0. The Morgan fingerprint density at radius 2 is 0.321 bits per heavy atom. The van der Waals surface area contributed by atoms with Crippen molar-refractivity contribution in [3.05, 3.63) is 478 Å². The first-order valence-corrected chi connectivity index (χ1v) is 46.2. The second-order valence-electron chi connectivity index (χ2n) is 33.9. The number of aryl methyl sites for hydroxylation is 20. The van der Waals surface area contributed by atoms with Gasteiger partial charge < -0.3 is 0 Å². The maximum absolute atomic E-state index is 4.44. The first kappa shape index (κ1) is 103. The number of rotatable bonds is 10. The highest BCUT2D eigenvalue weighted by molar-refractivity contribution is 5.65. The molecule has 0 atom stereocenters. The number of hydrogen-bond donors (Lipinski definition) is 0. The van der Waals surface area contributed by atoms with Crippen molar-refractivity contribution in [3.63, 3.8) is 0 Å². The lowest BCUT2D eigenvalue weighted by atomic mass is 10.1.